The van der Waals surface area contributed by atoms with Crippen LogP contribution in [0.5, 0.6) is 5.75 Å². The Morgan fingerprint density at radius 2 is 1.91 bits per heavy atom. The van der Waals surface area contributed by atoms with Gasteiger partial charge in [0.2, 0.25) is 11.1 Å². The molecular formula is C22H25F2N5O2S2. The Bertz CT molecular complexity index is 1090. The maximum Gasteiger partial charge on any atom is 0.288 e. The topological polar surface area (TPSA) is 95.1 Å². The highest BCUT2D eigenvalue weighted by Crippen LogP contribution is 2.28. The van der Waals surface area contributed by atoms with E-state index in [0.29, 0.717) is 39.2 Å². The Hall–Kier alpha value is -2.79. The SMILES string of the molecule is Cc1ccc(C(C)C)c(OCc2nnc(SCC(=O)Nc3ccc(SC(F)F)cc3)n2N)c1. The number of amides is 1. The summed E-state index contributed by atoms with van der Waals surface area (Å²) in [6.07, 6.45) is 0. The fourth-order valence-electron chi connectivity index (χ4n) is 2.94. The summed E-state index contributed by atoms with van der Waals surface area (Å²) in [5.41, 5.74) is 2.70. The van der Waals surface area contributed by atoms with Gasteiger partial charge in [-0.25, -0.2) is 4.68 Å². The highest BCUT2D eigenvalue weighted by molar-refractivity contribution is 8.00. The summed E-state index contributed by atoms with van der Waals surface area (Å²) in [5.74, 6) is 4.89. The lowest BCUT2D eigenvalue weighted by molar-refractivity contribution is -0.113. The second kappa shape index (κ2) is 11.4. The summed E-state index contributed by atoms with van der Waals surface area (Å²) in [7, 11) is 0. The molecule has 3 aromatic rings. The molecule has 0 aliphatic carbocycles. The van der Waals surface area contributed by atoms with Crippen molar-refractivity contribution in [1.29, 1.82) is 0 Å². The third kappa shape index (κ3) is 7.10. The van der Waals surface area contributed by atoms with Crippen molar-refractivity contribution >= 4 is 35.1 Å². The van der Waals surface area contributed by atoms with E-state index in [-0.39, 0.29) is 18.3 Å². The van der Waals surface area contributed by atoms with Crippen molar-refractivity contribution in [1.82, 2.24) is 14.9 Å². The zero-order valence-electron chi connectivity index (χ0n) is 18.4. The van der Waals surface area contributed by atoms with E-state index in [9.17, 15) is 13.6 Å². The van der Waals surface area contributed by atoms with Gasteiger partial charge in [-0.05, 0) is 54.3 Å². The van der Waals surface area contributed by atoms with E-state index >= 15 is 0 Å². The molecule has 1 heterocycles. The van der Waals surface area contributed by atoms with Crippen molar-refractivity contribution in [2.24, 2.45) is 0 Å². The van der Waals surface area contributed by atoms with E-state index < -0.39 is 5.76 Å². The largest absolute Gasteiger partial charge is 0.485 e. The number of alkyl halides is 2. The standard InChI is InChI=1S/C22H25F2N5O2S2/c1-13(2)17-9-4-14(3)10-18(17)31-11-19-27-28-22(29(19)25)32-12-20(30)26-15-5-7-16(8-6-15)33-21(23)24/h4-10,13,21H,11-12,25H2,1-3H3,(H,26,30). The average molecular weight is 494 g/mol. The van der Waals surface area contributed by atoms with Gasteiger partial charge in [-0.2, -0.15) is 8.78 Å². The Kier molecular flexibility index (Phi) is 8.56. The van der Waals surface area contributed by atoms with E-state index in [1.807, 2.05) is 25.1 Å². The number of rotatable bonds is 10. The van der Waals surface area contributed by atoms with Gasteiger partial charge in [0.05, 0.1) is 5.75 Å². The van der Waals surface area contributed by atoms with Crippen molar-refractivity contribution in [2.75, 3.05) is 16.9 Å². The number of halogens is 2. The van der Waals surface area contributed by atoms with Crippen LogP contribution >= 0.6 is 23.5 Å². The lowest BCUT2D eigenvalue weighted by atomic mass is 10.0. The number of nitrogens with one attached hydrogen (secondary N) is 1. The average Bonchev–Trinajstić information content (AvgIpc) is 3.11. The van der Waals surface area contributed by atoms with Gasteiger partial charge in [-0.15, -0.1) is 10.2 Å². The first-order valence-electron chi connectivity index (χ1n) is 10.1. The highest BCUT2D eigenvalue weighted by atomic mass is 32.2. The molecule has 0 unspecified atom stereocenters. The number of carbonyl (C=O) groups is 1. The van der Waals surface area contributed by atoms with Gasteiger partial charge in [-0.3, -0.25) is 4.79 Å². The lowest BCUT2D eigenvalue weighted by Crippen LogP contribution is -2.18. The molecule has 1 aromatic heterocycles. The van der Waals surface area contributed by atoms with Gasteiger partial charge in [-0.1, -0.05) is 49.5 Å². The number of benzene rings is 2. The molecule has 176 valence electrons. The molecule has 11 heteroatoms. The van der Waals surface area contributed by atoms with E-state index in [1.165, 1.54) is 16.8 Å². The number of nitrogens with two attached hydrogens (primary N) is 1. The smallest absolute Gasteiger partial charge is 0.288 e. The fraction of sp³-hybridized carbons (Fsp3) is 0.318. The molecule has 3 rings (SSSR count). The van der Waals surface area contributed by atoms with Crippen LogP contribution in [-0.2, 0) is 11.4 Å². The van der Waals surface area contributed by atoms with Crippen LogP contribution in [0.25, 0.3) is 0 Å². The van der Waals surface area contributed by atoms with Gasteiger partial charge in [0.1, 0.15) is 12.4 Å². The zero-order valence-corrected chi connectivity index (χ0v) is 20.1. The van der Waals surface area contributed by atoms with Crippen molar-refractivity contribution in [3.63, 3.8) is 0 Å². The summed E-state index contributed by atoms with van der Waals surface area (Å²) in [4.78, 5) is 12.7. The molecule has 0 radical (unpaired) electrons. The molecule has 0 atom stereocenters. The first-order valence-corrected chi connectivity index (χ1v) is 12.0. The van der Waals surface area contributed by atoms with Crippen LogP contribution in [0.1, 0.15) is 36.7 Å². The molecule has 1 amide bonds. The van der Waals surface area contributed by atoms with Gasteiger partial charge >= 0.3 is 0 Å². The number of nitrogen functional groups attached to an aromatic ring is 1. The maximum absolute atomic E-state index is 12.4. The summed E-state index contributed by atoms with van der Waals surface area (Å²) < 4.78 is 32.0. The van der Waals surface area contributed by atoms with Crippen LogP contribution in [0.2, 0.25) is 0 Å². The van der Waals surface area contributed by atoms with Crippen molar-refractivity contribution < 1.29 is 18.3 Å². The molecular weight excluding hydrogens is 468 g/mol. The Labute approximate surface area is 199 Å². The van der Waals surface area contributed by atoms with Gasteiger partial charge in [0, 0.05) is 10.6 Å². The van der Waals surface area contributed by atoms with E-state index in [4.69, 9.17) is 10.6 Å². The number of hydrogen-bond donors (Lipinski definition) is 2. The predicted molar refractivity (Wildman–Crippen MR) is 127 cm³/mol. The monoisotopic (exact) mass is 493 g/mol. The molecule has 0 bridgehead atoms. The van der Waals surface area contributed by atoms with Crippen molar-refractivity contribution in [2.45, 2.75) is 49.1 Å². The number of anilines is 1. The Morgan fingerprint density at radius 3 is 2.58 bits per heavy atom. The second-order valence-electron chi connectivity index (χ2n) is 7.49. The van der Waals surface area contributed by atoms with Crippen molar-refractivity contribution in [3.8, 4) is 5.75 Å². The maximum atomic E-state index is 12.4. The van der Waals surface area contributed by atoms with Crippen LogP contribution in [0.15, 0.2) is 52.5 Å². The van der Waals surface area contributed by atoms with Crippen LogP contribution in [0.4, 0.5) is 14.5 Å². The van der Waals surface area contributed by atoms with Gasteiger partial charge in [0.25, 0.3) is 5.76 Å². The molecule has 0 aliphatic rings. The van der Waals surface area contributed by atoms with Crippen LogP contribution in [0.3, 0.4) is 0 Å². The van der Waals surface area contributed by atoms with E-state index in [1.54, 1.807) is 12.1 Å². The Balaban J connectivity index is 1.54. The molecule has 0 aliphatic heterocycles. The summed E-state index contributed by atoms with van der Waals surface area (Å²) in [6, 6.07) is 12.3. The first-order chi connectivity index (χ1) is 15.7. The molecule has 0 spiro atoms. The summed E-state index contributed by atoms with van der Waals surface area (Å²) >= 11 is 1.58. The highest BCUT2D eigenvalue weighted by Gasteiger charge is 2.15. The predicted octanol–water partition coefficient (Wildman–Crippen LogP) is 5.05. The minimum atomic E-state index is -2.49. The molecule has 2 aromatic carbocycles. The van der Waals surface area contributed by atoms with Crippen LogP contribution in [-0.4, -0.2) is 32.3 Å². The number of aromatic nitrogens is 3. The van der Waals surface area contributed by atoms with Crippen molar-refractivity contribution in [3.05, 3.63) is 59.4 Å². The zero-order chi connectivity index (χ0) is 24.0. The number of ether oxygens (including phenoxy) is 1. The molecule has 0 fully saturated rings. The van der Waals surface area contributed by atoms with Crippen LogP contribution < -0.4 is 15.9 Å². The quantitative estimate of drug-likeness (QED) is 0.301. The number of nitrogens with zero attached hydrogens (tertiary/aromatic N) is 3. The minimum Gasteiger partial charge on any atom is -0.485 e. The molecule has 3 N–H and O–H groups in total. The Morgan fingerprint density at radius 1 is 1.18 bits per heavy atom. The number of aryl methyl sites for hydroxylation is 1. The van der Waals surface area contributed by atoms with E-state index in [0.717, 1.165) is 28.6 Å². The number of thioether (sulfide) groups is 2. The lowest BCUT2D eigenvalue weighted by Gasteiger charge is -2.14. The molecule has 0 saturated carbocycles. The number of carbonyl (C=O) groups excluding carboxylic acids is 1. The minimum absolute atomic E-state index is 0.0547. The van der Waals surface area contributed by atoms with Gasteiger partial charge in [0.15, 0.2) is 5.82 Å². The van der Waals surface area contributed by atoms with E-state index in [2.05, 4.69) is 29.4 Å². The van der Waals surface area contributed by atoms with Crippen LogP contribution in [0, 0.1) is 6.92 Å². The van der Waals surface area contributed by atoms with Gasteiger partial charge < -0.3 is 15.9 Å². The molecule has 0 saturated heterocycles. The summed E-state index contributed by atoms with van der Waals surface area (Å²) in [5, 5.41) is 11.2. The molecule has 7 nitrogen and oxygen atoms in total. The third-order valence-corrected chi connectivity index (χ3v) is 6.24. The molecule has 33 heavy (non-hydrogen) atoms. The fourth-order valence-corrected chi connectivity index (χ4v) is 4.11. The summed E-state index contributed by atoms with van der Waals surface area (Å²) in [6.45, 7) is 6.33. The normalized spacial score (nSPS) is 11.2. The third-order valence-electron chi connectivity index (χ3n) is 4.58. The first kappa shape index (κ1) is 24.8. The number of hydrogen-bond acceptors (Lipinski definition) is 7. The second-order valence-corrected chi connectivity index (χ2v) is 9.50.